The van der Waals surface area contributed by atoms with Crippen LogP contribution in [-0.2, 0) is 24.2 Å². The monoisotopic (exact) mass is 428 g/mol. The smallest absolute Gasteiger partial charge is 0.267 e. The number of hydrogen-bond donors (Lipinski definition) is 2. The van der Waals surface area contributed by atoms with Crippen molar-refractivity contribution in [1.82, 2.24) is 9.78 Å². The second-order valence-corrected chi connectivity index (χ2v) is 9.35. The number of aromatic nitrogens is 2. The highest BCUT2D eigenvalue weighted by Crippen LogP contribution is 2.37. The van der Waals surface area contributed by atoms with E-state index in [-0.39, 0.29) is 12.1 Å². The Hall–Kier alpha value is -2.78. The van der Waals surface area contributed by atoms with Gasteiger partial charge in [0.2, 0.25) is 5.91 Å². The van der Waals surface area contributed by atoms with Crippen molar-refractivity contribution in [2.24, 2.45) is 5.73 Å². The first-order valence-electron chi connectivity index (χ1n) is 9.31. The molecule has 0 spiro atoms. The van der Waals surface area contributed by atoms with E-state index in [0.29, 0.717) is 16.3 Å². The number of primary amides is 1. The van der Waals surface area contributed by atoms with Crippen LogP contribution in [0.2, 0.25) is 0 Å². The third kappa shape index (κ3) is 4.01. The van der Waals surface area contributed by atoms with Crippen LogP contribution in [0.3, 0.4) is 0 Å². The van der Waals surface area contributed by atoms with Crippen LogP contribution in [0.1, 0.15) is 38.5 Å². The molecule has 0 unspecified atom stereocenters. The molecule has 0 saturated heterocycles. The molecule has 2 amide bonds. The number of hydrogen-bond acceptors (Lipinski definition) is 6. The van der Waals surface area contributed by atoms with Crippen molar-refractivity contribution in [3.8, 4) is 10.6 Å². The van der Waals surface area contributed by atoms with Gasteiger partial charge >= 0.3 is 0 Å². The first-order valence-corrected chi connectivity index (χ1v) is 10.9. The van der Waals surface area contributed by atoms with E-state index in [9.17, 15) is 14.4 Å². The quantitative estimate of drug-likeness (QED) is 0.651. The molecule has 1 aliphatic rings. The zero-order valence-electron chi connectivity index (χ0n) is 15.9. The molecule has 0 atom stereocenters. The lowest BCUT2D eigenvalue weighted by atomic mass is 9.95. The Morgan fingerprint density at radius 2 is 1.97 bits per heavy atom. The Balaban J connectivity index is 1.57. The number of nitrogens with zero attached hydrogens (tertiary/aromatic N) is 2. The molecule has 0 saturated carbocycles. The minimum atomic E-state index is -0.537. The molecule has 1 aliphatic carbocycles. The zero-order chi connectivity index (χ0) is 20.5. The van der Waals surface area contributed by atoms with Crippen molar-refractivity contribution < 1.29 is 9.59 Å². The number of thiophene rings is 2. The minimum absolute atomic E-state index is 0.238. The lowest BCUT2D eigenvalue weighted by Crippen LogP contribution is -2.29. The number of carbonyl (C=O) groups is 2. The summed E-state index contributed by atoms with van der Waals surface area (Å²) in [7, 11) is 0. The van der Waals surface area contributed by atoms with Crippen LogP contribution in [0, 0.1) is 6.92 Å². The van der Waals surface area contributed by atoms with Gasteiger partial charge in [-0.05, 0) is 56.4 Å². The number of nitrogens with one attached hydrogen (secondary N) is 1. The highest BCUT2D eigenvalue weighted by atomic mass is 32.1. The summed E-state index contributed by atoms with van der Waals surface area (Å²) in [6.45, 7) is 1.76. The molecule has 150 valence electrons. The number of nitrogens with two attached hydrogens (primary N) is 1. The van der Waals surface area contributed by atoms with Crippen molar-refractivity contribution in [2.45, 2.75) is 39.2 Å². The summed E-state index contributed by atoms with van der Waals surface area (Å²) in [6.07, 6.45) is 3.75. The molecule has 0 radical (unpaired) electrons. The molecule has 3 aromatic heterocycles. The number of rotatable bonds is 5. The van der Waals surface area contributed by atoms with Crippen LogP contribution in [0.15, 0.2) is 29.1 Å². The van der Waals surface area contributed by atoms with Gasteiger partial charge in [0.05, 0.1) is 10.4 Å². The predicted molar refractivity (Wildman–Crippen MR) is 115 cm³/mol. The summed E-state index contributed by atoms with van der Waals surface area (Å²) in [5.41, 5.74) is 7.20. The maximum Gasteiger partial charge on any atom is 0.267 e. The van der Waals surface area contributed by atoms with Gasteiger partial charge in [0, 0.05) is 15.8 Å². The van der Waals surface area contributed by atoms with Crippen LogP contribution in [0.25, 0.3) is 10.6 Å². The summed E-state index contributed by atoms with van der Waals surface area (Å²) in [4.78, 5) is 39.9. The van der Waals surface area contributed by atoms with Gasteiger partial charge in [-0.2, -0.15) is 5.10 Å². The van der Waals surface area contributed by atoms with Gasteiger partial charge in [-0.25, -0.2) is 4.68 Å². The predicted octanol–water partition coefficient (Wildman–Crippen LogP) is 2.96. The van der Waals surface area contributed by atoms with Gasteiger partial charge < -0.3 is 11.1 Å². The molecule has 3 aromatic rings. The third-order valence-corrected chi connectivity index (χ3v) is 7.05. The fourth-order valence-electron chi connectivity index (χ4n) is 3.48. The van der Waals surface area contributed by atoms with Gasteiger partial charge in [-0.15, -0.1) is 22.7 Å². The Labute approximate surface area is 175 Å². The Morgan fingerprint density at radius 3 is 2.69 bits per heavy atom. The Bertz CT molecular complexity index is 1160. The van der Waals surface area contributed by atoms with Crippen molar-refractivity contribution in [1.29, 1.82) is 0 Å². The van der Waals surface area contributed by atoms with E-state index in [1.165, 1.54) is 17.4 Å². The molecule has 0 aromatic carbocycles. The Kier molecular flexibility index (Phi) is 5.33. The standard InChI is InChI=1S/C20H20N4O3S2/c1-11-6-8-15(28-11)13-7-9-17(26)24(23-13)10-16(25)22-20-18(19(21)27)12-4-2-3-5-14(12)29-20/h6-9H,2-5,10H2,1H3,(H2,21,27)(H,22,25). The van der Waals surface area contributed by atoms with Crippen LogP contribution < -0.4 is 16.6 Å². The van der Waals surface area contributed by atoms with Gasteiger partial charge in [-0.1, -0.05) is 0 Å². The fourth-order valence-corrected chi connectivity index (χ4v) is 5.63. The van der Waals surface area contributed by atoms with E-state index in [0.717, 1.165) is 50.6 Å². The van der Waals surface area contributed by atoms with E-state index >= 15 is 0 Å². The van der Waals surface area contributed by atoms with Gasteiger partial charge in [0.15, 0.2) is 0 Å². The molecule has 7 nitrogen and oxygen atoms in total. The summed E-state index contributed by atoms with van der Waals surface area (Å²) in [5.74, 6) is -0.953. The summed E-state index contributed by atoms with van der Waals surface area (Å²) >= 11 is 2.97. The number of carbonyl (C=O) groups excluding carboxylic acids is 2. The number of anilines is 1. The lowest BCUT2D eigenvalue weighted by Gasteiger charge is -2.11. The fraction of sp³-hybridized carbons (Fsp3) is 0.300. The van der Waals surface area contributed by atoms with Crippen LogP contribution >= 0.6 is 22.7 Å². The van der Waals surface area contributed by atoms with Crippen LogP contribution in [0.5, 0.6) is 0 Å². The van der Waals surface area contributed by atoms with Crippen LogP contribution in [-0.4, -0.2) is 21.6 Å². The van der Waals surface area contributed by atoms with Gasteiger partial charge in [-0.3, -0.25) is 14.4 Å². The van der Waals surface area contributed by atoms with E-state index < -0.39 is 11.8 Å². The molecule has 29 heavy (non-hydrogen) atoms. The van der Waals surface area contributed by atoms with E-state index in [1.54, 1.807) is 17.4 Å². The number of aryl methyl sites for hydroxylation is 2. The summed E-state index contributed by atoms with van der Waals surface area (Å²) in [6, 6.07) is 6.98. The Morgan fingerprint density at radius 1 is 1.17 bits per heavy atom. The van der Waals surface area contributed by atoms with E-state index in [1.807, 2.05) is 19.1 Å². The second kappa shape index (κ2) is 7.92. The maximum absolute atomic E-state index is 12.6. The summed E-state index contributed by atoms with van der Waals surface area (Å²) < 4.78 is 1.14. The molecule has 0 aliphatic heterocycles. The highest BCUT2D eigenvalue weighted by Gasteiger charge is 2.25. The minimum Gasteiger partial charge on any atom is -0.365 e. The summed E-state index contributed by atoms with van der Waals surface area (Å²) in [5, 5.41) is 7.56. The van der Waals surface area contributed by atoms with Crippen LogP contribution in [0.4, 0.5) is 5.00 Å². The van der Waals surface area contributed by atoms with Gasteiger partial charge in [0.25, 0.3) is 11.5 Å². The molecular weight excluding hydrogens is 408 g/mol. The molecule has 3 N–H and O–H groups in total. The van der Waals surface area contributed by atoms with Gasteiger partial charge in [0.1, 0.15) is 17.2 Å². The van der Waals surface area contributed by atoms with Crippen molar-refractivity contribution >= 4 is 39.5 Å². The molecule has 9 heteroatoms. The van der Waals surface area contributed by atoms with E-state index in [2.05, 4.69) is 10.4 Å². The highest BCUT2D eigenvalue weighted by molar-refractivity contribution is 7.17. The third-order valence-electron chi connectivity index (χ3n) is 4.82. The molecule has 3 heterocycles. The molecule has 4 rings (SSSR count). The SMILES string of the molecule is Cc1ccc(-c2ccc(=O)n(CC(=O)Nc3sc4c(c3C(N)=O)CCCC4)n2)s1. The topological polar surface area (TPSA) is 107 Å². The maximum atomic E-state index is 12.6. The number of fused-ring (bicyclic) bond motifs is 1. The van der Waals surface area contributed by atoms with Crippen molar-refractivity contribution in [2.75, 3.05) is 5.32 Å². The lowest BCUT2D eigenvalue weighted by molar-refractivity contribution is -0.116. The zero-order valence-corrected chi connectivity index (χ0v) is 17.5. The van der Waals surface area contributed by atoms with Crippen molar-refractivity contribution in [3.05, 3.63) is 55.5 Å². The average Bonchev–Trinajstić information content (AvgIpc) is 3.26. The normalized spacial score (nSPS) is 13.1. The average molecular weight is 429 g/mol. The first-order chi connectivity index (χ1) is 13.9. The van der Waals surface area contributed by atoms with E-state index in [4.69, 9.17) is 5.73 Å². The number of amides is 2. The largest absolute Gasteiger partial charge is 0.365 e. The molecular formula is C20H20N4O3S2. The molecule has 0 bridgehead atoms. The second-order valence-electron chi connectivity index (χ2n) is 6.95. The van der Waals surface area contributed by atoms with Crippen molar-refractivity contribution in [3.63, 3.8) is 0 Å². The first kappa shape index (κ1) is 19.5. The molecule has 0 fully saturated rings.